The normalized spacial score (nSPS) is 17.6. The summed E-state index contributed by atoms with van der Waals surface area (Å²) in [4.78, 5) is 16.9. The molecule has 1 aliphatic rings. The highest BCUT2D eigenvalue weighted by molar-refractivity contribution is 7.33. The molecule has 2 N–H and O–H groups in total. The predicted octanol–water partition coefficient (Wildman–Crippen LogP) is 4.38. The topological polar surface area (TPSA) is 124 Å². The van der Waals surface area contributed by atoms with Gasteiger partial charge in [0.2, 0.25) is 5.91 Å². The molecule has 1 amide bonds. The number of carbonyl (C=O) groups is 1. The maximum atomic E-state index is 14.2. The lowest BCUT2D eigenvalue weighted by Gasteiger charge is -2.33. The van der Waals surface area contributed by atoms with Crippen LogP contribution in [0.1, 0.15) is 44.2 Å². The summed E-state index contributed by atoms with van der Waals surface area (Å²) >= 11 is 0. The van der Waals surface area contributed by atoms with E-state index in [1.807, 2.05) is 0 Å². The van der Waals surface area contributed by atoms with Crippen LogP contribution in [0.5, 0.6) is 5.75 Å². The molecular weight excluding hydrogens is 514 g/mol. The predicted molar refractivity (Wildman–Crippen MR) is 140 cm³/mol. The number of aromatic nitrogens is 3. The van der Waals surface area contributed by atoms with Gasteiger partial charge in [-0.2, -0.15) is 5.10 Å². The van der Waals surface area contributed by atoms with Crippen LogP contribution in [0.4, 0.5) is 10.2 Å². The van der Waals surface area contributed by atoms with Crippen LogP contribution in [0.25, 0.3) is 5.52 Å². The van der Waals surface area contributed by atoms with E-state index in [2.05, 4.69) is 15.4 Å². The molecule has 0 saturated heterocycles. The summed E-state index contributed by atoms with van der Waals surface area (Å²) in [6.45, 7) is -1.58. The third-order valence-corrected chi connectivity index (χ3v) is 7.79. The molecule has 4 rings (SSSR count). The van der Waals surface area contributed by atoms with E-state index in [4.69, 9.17) is 13.8 Å². The summed E-state index contributed by atoms with van der Waals surface area (Å²) < 4.78 is 43.9. The van der Waals surface area contributed by atoms with E-state index >= 15 is 0 Å². The molecule has 3 atom stereocenters. The van der Waals surface area contributed by atoms with Gasteiger partial charge < -0.3 is 19.7 Å². The molecular formula is C26H34FN4O6P. The van der Waals surface area contributed by atoms with Gasteiger partial charge in [0.15, 0.2) is 5.82 Å². The molecule has 0 bridgehead atoms. The first-order valence-corrected chi connectivity index (χ1v) is 14.0. The number of nitrogens with one attached hydrogen (secondary N) is 1. The number of carbonyl (C=O) groups excluding carboxylic acids is 1. The number of benzene rings is 1. The van der Waals surface area contributed by atoms with Crippen LogP contribution in [0.3, 0.4) is 0 Å². The van der Waals surface area contributed by atoms with Crippen LogP contribution in [0.15, 0.2) is 48.8 Å². The van der Waals surface area contributed by atoms with E-state index in [9.17, 15) is 18.9 Å². The molecule has 10 nitrogen and oxygen atoms in total. The molecule has 1 aliphatic carbocycles. The first-order valence-electron chi connectivity index (χ1n) is 12.7. The van der Waals surface area contributed by atoms with Gasteiger partial charge in [0.25, 0.3) is 0 Å². The molecule has 2 heterocycles. The number of alkyl halides is 1. The lowest BCUT2D eigenvalue weighted by molar-refractivity contribution is -0.134. The van der Waals surface area contributed by atoms with Crippen molar-refractivity contribution in [3.05, 3.63) is 54.5 Å². The fourth-order valence-electron chi connectivity index (χ4n) is 4.73. The number of hydrogen-bond acceptors (Lipinski definition) is 8. The number of aliphatic hydroxyl groups excluding tert-OH is 1. The van der Waals surface area contributed by atoms with E-state index in [1.165, 1.54) is 24.4 Å². The second-order valence-electron chi connectivity index (χ2n) is 9.56. The highest BCUT2D eigenvalue weighted by atomic mass is 31.1. The Morgan fingerprint density at radius 3 is 2.71 bits per heavy atom. The van der Waals surface area contributed by atoms with Crippen LogP contribution in [0.2, 0.25) is 0 Å². The van der Waals surface area contributed by atoms with Crippen molar-refractivity contribution >= 4 is 25.5 Å². The minimum atomic E-state index is -3.02. The number of amides is 1. The highest BCUT2D eigenvalue weighted by Gasteiger charge is 2.40. The molecule has 1 unspecified atom stereocenters. The van der Waals surface area contributed by atoms with Gasteiger partial charge in [-0.3, -0.25) is 9.32 Å². The average Bonchev–Trinajstić information content (AvgIpc) is 3.34. The zero-order valence-electron chi connectivity index (χ0n) is 21.3. The highest BCUT2D eigenvalue weighted by Crippen LogP contribution is 2.32. The van der Waals surface area contributed by atoms with Crippen molar-refractivity contribution in [1.29, 1.82) is 0 Å². The molecule has 1 fully saturated rings. The molecule has 1 aromatic carbocycles. The standard InChI is InChI=1S/C26H34FN4O6P/c1-35-26(16-27,17-36-38(34)37-21-10-6-3-7-11-21)23(32)15-20-12-13-22-25(28-18-29-31(20)22)30-24(33)14-19-8-4-2-5-9-19/h3,6-7,10-13,18-19,23,32,38H,2,4-5,8-9,14-17H2,1H3,(H,28,29,30,33)/t23-,26+/m0/s1. The van der Waals surface area contributed by atoms with E-state index in [0.29, 0.717) is 35.1 Å². The minimum Gasteiger partial charge on any atom is -0.426 e. The van der Waals surface area contributed by atoms with Crippen LogP contribution < -0.4 is 9.84 Å². The monoisotopic (exact) mass is 548 g/mol. The van der Waals surface area contributed by atoms with Crippen molar-refractivity contribution < 1.29 is 32.6 Å². The fraction of sp³-hybridized carbons (Fsp3) is 0.500. The zero-order chi connectivity index (χ0) is 27.0. The zero-order valence-corrected chi connectivity index (χ0v) is 22.3. The number of rotatable bonds is 13. The van der Waals surface area contributed by atoms with Crippen LogP contribution in [-0.2, 0) is 25.0 Å². The quantitative estimate of drug-likeness (QED) is 0.302. The van der Waals surface area contributed by atoms with Crippen LogP contribution in [-0.4, -0.2) is 57.7 Å². The van der Waals surface area contributed by atoms with E-state index in [0.717, 1.165) is 25.7 Å². The summed E-state index contributed by atoms with van der Waals surface area (Å²) in [6.07, 6.45) is 6.00. The number of anilines is 1. The molecule has 1 saturated carbocycles. The number of para-hydroxylation sites is 1. The van der Waals surface area contributed by atoms with Gasteiger partial charge in [-0.15, -0.1) is 0 Å². The Bertz CT molecular complexity index is 1220. The largest absolute Gasteiger partial charge is 0.426 e. The van der Waals surface area contributed by atoms with Gasteiger partial charge in [-0.1, -0.05) is 37.5 Å². The number of aliphatic hydroxyl groups is 1. The van der Waals surface area contributed by atoms with Crippen molar-refractivity contribution in [2.75, 3.05) is 25.7 Å². The Morgan fingerprint density at radius 2 is 2.00 bits per heavy atom. The number of methoxy groups -OCH3 is 1. The number of ether oxygens (including phenoxy) is 1. The van der Waals surface area contributed by atoms with E-state index < -0.39 is 33.2 Å². The van der Waals surface area contributed by atoms with Crippen molar-refractivity contribution in [3.8, 4) is 5.75 Å². The third kappa shape index (κ3) is 6.96. The second kappa shape index (κ2) is 13.3. The molecule has 0 spiro atoms. The van der Waals surface area contributed by atoms with Gasteiger partial charge in [0.1, 0.15) is 29.9 Å². The Balaban J connectivity index is 1.41. The lowest BCUT2D eigenvalue weighted by atomic mass is 9.87. The van der Waals surface area contributed by atoms with E-state index in [1.54, 1.807) is 42.5 Å². The van der Waals surface area contributed by atoms with Gasteiger partial charge in [0.05, 0.1) is 12.7 Å². The molecule has 38 heavy (non-hydrogen) atoms. The second-order valence-corrected chi connectivity index (χ2v) is 10.6. The van der Waals surface area contributed by atoms with Gasteiger partial charge in [-0.05, 0) is 43.0 Å². The van der Waals surface area contributed by atoms with E-state index in [-0.39, 0.29) is 12.3 Å². The molecule has 2 aromatic heterocycles. The fourth-order valence-corrected chi connectivity index (χ4v) is 5.48. The van der Waals surface area contributed by atoms with Crippen molar-refractivity contribution in [3.63, 3.8) is 0 Å². The first kappa shape index (κ1) is 28.2. The number of nitrogens with zero attached hydrogens (tertiary/aromatic N) is 3. The summed E-state index contributed by atoms with van der Waals surface area (Å²) in [5, 5.41) is 18.1. The maximum absolute atomic E-state index is 14.2. The Morgan fingerprint density at radius 1 is 1.24 bits per heavy atom. The number of fused-ring (bicyclic) bond motifs is 1. The summed E-state index contributed by atoms with van der Waals surface area (Å²) in [7, 11) is -1.77. The molecule has 12 heteroatoms. The minimum absolute atomic E-state index is 0.0533. The summed E-state index contributed by atoms with van der Waals surface area (Å²) in [6, 6.07) is 11.9. The summed E-state index contributed by atoms with van der Waals surface area (Å²) in [5.41, 5.74) is -0.692. The smallest absolute Gasteiger partial charge is 0.367 e. The van der Waals surface area contributed by atoms with Crippen molar-refractivity contribution in [2.45, 2.75) is 56.7 Å². The van der Waals surface area contributed by atoms with Crippen LogP contribution >= 0.6 is 8.25 Å². The van der Waals surface area contributed by atoms with Gasteiger partial charge in [0, 0.05) is 25.6 Å². The average molecular weight is 549 g/mol. The van der Waals surface area contributed by atoms with Gasteiger partial charge >= 0.3 is 8.25 Å². The SMILES string of the molecule is CO[C@](CF)(CO[PH](=O)Oc1ccccc1)[C@@H](O)Cc1ccc2c(NC(=O)CC3CCCCC3)ncnn12. The number of halogens is 1. The molecule has 0 aliphatic heterocycles. The Kier molecular flexibility index (Phi) is 9.85. The Hall–Kier alpha value is -2.85. The first-order chi connectivity index (χ1) is 18.4. The third-order valence-electron chi connectivity index (χ3n) is 7.01. The maximum Gasteiger partial charge on any atom is 0.367 e. The van der Waals surface area contributed by atoms with Crippen molar-refractivity contribution in [1.82, 2.24) is 14.6 Å². The van der Waals surface area contributed by atoms with Crippen LogP contribution in [0, 0.1) is 5.92 Å². The van der Waals surface area contributed by atoms with Crippen molar-refractivity contribution in [2.24, 2.45) is 5.92 Å². The number of hydrogen-bond donors (Lipinski definition) is 2. The molecule has 206 valence electrons. The molecule has 3 aromatic rings. The lowest BCUT2D eigenvalue weighted by Crippen LogP contribution is -2.51. The Labute approximate surface area is 221 Å². The molecule has 0 radical (unpaired) electrons. The summed E-state index contributed by atoms with van der Waals surface area (Å²) in [5.74, 6) is 1.01. The van der Waals surface area contributed by atoms with Gasteiger partial charge in [-0.25, -0.2) is 18.5 Å².